The van der Waals surface area contributed by atoms with E-state index in [-0.39, 0.29) is 56.3 Å². The van der Waals surface area contributed by atoms with Crippen LogP contribution in [-0.4, -0.2) is 26.1 Å². The maximum atomic E-state index is 10.8. The third kappa shape index (κ3) is 4.44. The van der Waals surface area contributed by atoms with Gasteiger partial charge in [0.15, 0.2) is 0 Å². The summed E-state index contributed by atoms with van der Waals surface area (Å²) in [5.74, 6) is 0. The van der Waals surface area contributed by atoms with E-state index < -0.39 is 10.1 Å². The number of anilines is 1. The summed E-state index contributed by atoms with van der Waals surface area (Å²) in [5.41, 5.74) is 0.761. The molecule has 0 fully saturated rings. The summed E-state index contributed by atoms with van der Waals surface area (Å²) in [5, 5.41) is 0. The molecule has 0 aliphatic heterocycles. The molecule has 0 N–H and O–H groups in total. The van der Waals surface area contributed by atoms with Crippen molar-refractivity contribution in [2.24, 2.45) is 0 Å². The molecule has 6 heteroatoms. The molecule has 0 saturated carbocycles. The third-order valence-corrected chi connectivity index (χ3v) is 3.07. The standard InChI is InChI=1S/C10H15NO3S.K/c1-3-11(4-2)9-6-5-7-10(8-9)15(12,13)14;/h5-8H,3-4H2,1-2H3,(H,12,13,14);/q;+1/p-1. The first kappa shape index (κ1) is 16.6. The van der Waals surface area contributed by atoms with Crippen LogP contribution in [0.5, 0.6) is 0 Å². The Kier molecular flexibility index (Phi) is 7.35. The Labute approximate surface area is 139 Å². The second kappa shape index (κ2) is 7.10. The van der Waals surface area contributed by atoms with Gasteiger partial charge >= 0.3 is 51.4 Å². The summed E-state index contributed by atoms with van der Waals surface area (Å²) in [4.78, 5) is 1.81. The second-order valence-electron chi connectivity index (χ2n) is 3.12. The quantitative estimate of drug-likeness (QED) is 0.489. The van der Waals surface area contributed by atoms with Crippen LogP contribution in [0.2, 0.25) is 0 Å². The molecule has 0 amide bonds. The Morgan fingerprint density at radius 1 is 1.25 bits per heavy atom. The molecule has 1 aromatic carbocycles. The Morgan fingerprint density at radius 3 is 2.25 bits per heavy atom. The van der Waals surface area contributed by atoms with Crippen molar-refractivity contribution in [2.45, 2.75) is 18.7 Å². The van der Waals surface area contributed by atoms with Crippen LogP contribution in [0.1, 0.15) is 13.8 Å². The predicted molar refractivity (Wildman–Crippen MR) is 58.0 cm³/mol. The zero-order valence-corrected chi connectivity index (χ0v) is 13.7. The summed E-state index contributed by atoms with van der Waals surface area (Å²) in [7, 11) is -4.35. The third-order valence-electron chi connectivity index (χ3n) is 2.23. The minimum atomic E-state index is -4.35. The first-order chi connectivity index (χ1) is 6.99. The molecule has 4 nitrogen and oxygen atoms in total. The van der Waals surface area contributed by atoms with E-state index in [4.69, 9.17) is 0 Å². The average Bonchev–Trinajstić information content (AvgIpc) is 2.19. The van der Waals surface area contributed by atoms with Crippen LogP contribution in [0.4, 0.5) is 5.69 Å². The summed E-state index contributed by atoms with van der Waals surface area (Å²) in [6.45, 7) is 5.50. The second-order valence-corrected chi connectivity index (χ2v) is 4.50. The fourth-order valence-corrected chi connectivity index (χ4v) is 1.93. The molecule has 1 aromatic rings. The summed E-state index contributed by atoms with van der Waals surface area (Å²) < 4.78 is 32.4. The van der Waals surface area contributed by atoms with Gasteiger partial charge in [0.25, 0.3) is 0 Å². The van der Waals surface area contributed by atoms with Crippen molar-refractivity contribution in [3.63, 3.8) is 0 Å². The largest absolute Gasteiger partial charge is 1.00 e. The maximum absolute atomic E-state index is 10.8. The van der Waals surface area contributed by atoms with Crippen molar-refractivity contribution >= 4 is 15.8 Å². The average molecular weight is 267 g/mol. The molecule has 0 aromatic heterocycles. The molecule has 0 aliphatic carbocycles. The molecule has 84 valence electrons. The van der Waals surface area contributed by atoms with Gasteiger partial charge in [0, 0.05) is 18.8 Å². The molecular weight excluding hydrogens is 253 g/mol. The smallest absolute Gasteiger partial charge is 0.744 e. The summed E-state index contributed by atoms with van der Waals surface area (Å²) >= 11 is 0. The van der Waals surface area contributed by atoms with Crippen LogP contribution >= 0.6 is 0 Å². The van der Waals surface area contributed by atoms with E-state index in [0.29, 0.717) is 0 Å². The van der Waals surface area contributed by atoms with Crippen LogP contribution in [0.3, 0.4) is 0 Å². The molecule has 1 rings (SSSR count). The first-order valence-corrected chi connectivity index (χ1v) is 6.20. The Balaban J connectivity index is 0.00000225. The maximum Gasteiger partial charge on any atom is 1.00 e. The van der Waals surface area contributed by atoms with Gasteiger partial charge in [0.2, 0.25) is 0 Å². The molecule has 0 heterocycles. The van der Waals surface area contributed by atoms with Gasteiger partial charge in [-0.3, -0.25) is 0 Å². The van der Waals surface area contributed by atoms with Gasteiger partial charge in [-0.15, -0.1) is 0 Å². The molecular formula is C10H14KNO3S. The molecule has 0 aliphatic rings. The molecule has 16 heavy (non-hydrogen) atoms. The zero-order chi connectivity index (χ0) is 11.5. The van der Waals surface area contributed by atoms with Gasteiger partial charge in [0.05, 0.1) is 4.90 Å². The minimum Gasteiger partial charge on any atom is -0.744 e. The van der Waals surface area contributed by atoms with E-state index >= 15 is 0 Å². The van der Waals surface area contributed by atoms with E-state index in [1.54, 1.807) is 12.1 Å². The molecule has 0 atom stereocenters. The van der Waals surface area contributed by atoms with Crippen molar-refractivity contribution < 1.29 is 64.4 Å². The summed E-state index contributed by atoms with van der Waals surface area (Å²) in [6.07, 6.45) is 0. The van der Waals surface area contributed by atoms with Gasteiger partial charge < -0.3 is 9.45 Å². The van der Waals surface area contributed by atoms with Gasteiger partial charge in [-0.05, 0) is 32.0 Å². The van der Waals surface area contributed by atoms with Crippen molar-refractivity contribution in [1.29, 1.82) is 0 Å². The molecule has 0 spiro atoms. The first-order valence-electron chi connectivity index (χ1n) is 4.80. The number of nitrogens with zero attached hydrogens (tertiary/aromatic N) is 1. The van der Waals surface area contributed by atoms with E-state index in [1.807, 2.05) is 18.7 Å². The number of benzene rings is 1. The normalized spacial score (nSPS) is 10.7. The van der Waals surface area contributed by atoms with Gasteiger partial charge in [-0.25, -0.2) is 8.42 Å². The molecule has 0 bridgehead atoms. The van der Waals surface area contributed by atoms with E-state index in [2.05, 4.69) is 0 Å². The number of hydrogen-bond acceptors (Lipinski definition) is 4. The van der Waals surface area contributed by atoms with Crippen LogP contribution in [-0.2, 0) is 10.1 Å². The number of hydrogen-bond donors (Lipinski definition) is 0. The van der Waals surface area contributed by atoms with Crippen LogP contribution in [0.25, 0.3) is 0 Å². The van der Waals surface area contributed by atoms with Gasteiger partial charge in [0.1, 0.15) is 10.1 Å². The predicted octanol–water partition coefficient (Wildman–Crippen LogP) is -1.56. The van der Waals surface area contributed by atoms with Crippen molar-refractivity contribution in [2.75, 3.05) is 18.0 Å². The van der Waals surface area contributed by atoms with Crippen molar-refractivity contribution in [3.8, 4) is 0 Å². The van der Waals surface area contributed by atoms with E-state index in [1.165, 1.54) is 12.1 Å². The van der Waals surface area contributed by atoms with Crippen LogP contribution < -0.4 is 56.3 Å². The Morgan fingerprint density at radius 2 is 1.81 bits per heavy atom. The van der Waals surface area contributed by atoms with Gasteiger partial charge in [-0.2, -0.15) is 0 Å². The fourth-order valence-electron chi connectivity index (χ4n) is 1.42. The van der Waals surface area contributed by atoms with Crippen LogP contribution in [0.15, 0.2) is 29.2 Å². The Bertz CT molecular complexity index is 429. The minimum absolute atomic E-state index is 0. The van der Waals surface area contributed by atoms with Gasteiger partial charge in [-0.1, -0.05) is 6.07 Å². The molecule has 0 radical (unpaired) electrons. The van der Waals surface area contributed by atoms with E-state index in [9.17, 15) is 13.0 Å². The van der Waals surface area contributed by atoms with Crippen molar-refractivity contribution in [1.82, 2.24) is 0 Å². The summed E-state index contributed by atoms with van der Waals surface area (Å²) in [6, 6.07) is 6.10. The zero-order valence-electron chi connectivity index (χ0n) is 9.80. The molecule has 0 unspecified atom stereocenters. The topological polar surface area (TPSA) is 60.4 Å². The molecule has 0 saturated heterocycles. The number of rotatable bonds is 4. The SMILES string of the molecule is CCN(CC)c1cccc(S(=O)(=O)[O-])c1.[K+]. The van der Waals surface area contributed by atoms with Crippen molar-refractivity contribution in [3.05, 3.63) is 24.3 Å². The van der Waals surface area contributed by atoms with E-state index in [0.717, 1.165) is 18.8 Å². The Hall–Kier alpha value is 0.566. The van der Waals surface area contributed by atoms with Crippen LogP contribution in [0, 0.1) is 0 Å². The fraction of sp³-hybridized carbons (Fsp3) is 0.400. The monoisotopic (exact) mass is 267 g/mol.